The number of hydrogen-bond donors (Lipinski definition) is 0. The molecule has 16 heavy (non-hydrogen) atoms. The molecule has 0 radical (unpaired) electrons. The van der Waals surface area contributed by atoms with Gasteiger partial charge in [0.05, 0.1) is 5.56 Å². The third-order valence-corrected chi connectivity index (χ3v) is 2.47. The maximum absolute atomic E-state index is 11.0. The third kappa shape index (κ3) is 1.54. The fourth-order valence-corrected chi connectivity index (χ4v) is 1.75. The molecule has 1 saturated heterocycles. The Labute approximate surface area is 91.9 Å². The van der Waals surface area contributed by atoms with Crippen LogP contribution in [0.25, 0.3) is 0 Å². The Morgan fingerprint density at radius 3 is 2.75 bits per heavy atom. The van der Waals surface area contributed by atoms with E-state index in [1.807, 2.05) is 18.2 Å². The van der Waals surface area contributed by atoms with E-state index in [4.69, 9.17) is 18.9 Å². The van der Waals surface area contributed by atoms with Crippen LogP contribution in [0.15, 0.2) is 18.2 Å². The highest BCUT2D eigenvalue weighted by molar-refractivity contribution is 5.81. The van der Waals surface area contributed by atoms with Gasteiger partial charge in [0.1, 0.15) is 13.2 Å². The van der Waals surface area contributed by atoms with Gasteiger partial charge in [0.25, 0.3) is 0 Å². The highest BCUT2D eigenvalue weighted by atomic mass is 16.7. The summed E-state index contributed by atoms with van der Waals surface area (Å²) >= 11 is 0. The lowest BCUT2D eigenvalue weighted by Crippen LogP contribution is -2.26. The van der Waals surface area contributed by atoms with E-state index in [2.05, 4.69) is 0 Å². The van der Waals surface area contributed by atoms with Crippen molar-refractivity contribution in [3.8, 4) is 11.5 Å². The second kappa shape index (κ2) is 3.77. The standard InChI is InChI=1S/C11H10O5/c12-7-4-13-11(14-5-7)8-2-1-3-9-10(8)16-6-15-9/h1-3,11H,4-6H2. The van der Waals surface area contributed by atoms with Crippen molar-refractivity contribution in [3.63, 3.8) is 0 Å². The summed E-state index contributed by atoms with van der Waals surface area (Å²) in [4.78, 5) is 11.0. The van der Waals surface area contributed by atoms with Crippen molar-refractivity contribution in [1.29, 1.82) is 0 Å². The highest BCUT2D eigenvalue weighted by Crippen LogP contribution is 2.40. The Morgan fingerprint density at radius 2 is 1.94 bits per heavy atom. The van der Waals surface area contributed by atoms with Crippen molar-refractivity contribution in [2.75, 3.05) is 20.0 Å². The number of carbonyl (C=O) groups excluding carboxylic acids is 1. The van der Waals surface area contributed by atoms with Crippen LogP contribution in [-0.2, 0) is 14.3 Å². The van der Waals surface area contributed by atoms with Gasteiger partial charge >= 0.3 is 0 Å². The van der Waals surface area contributed by atoms with E-state index in [0.29, 0.717) is 11.5 Å². The average molecular weight is 222 g/mol. The van der Waals surface area contributed by atoms with Crippen molar-refractivity contribution >= 4 is 5.78 Å². The number of para-hydroxylation sites is 1. The van der Waals surface area contributed by atoms with Crippen LogP contribution in [0.2, 0.25) is 0 Å². The fourth-order valence-electron chi connectivity index (χ4n) is 1.75. The van der Waals surface area contributed by atoms with Crippen LogP contribution in [-0.4, -0.2) is 25.8 Å². The zero-order valence-electron chi connectivity index (χ0n) is 8.47. The quantitative estimate of drug-likeness (QED) is 0.710. The van der Waals surface area contributed by atoms with Crippen LogP contribution in [0.3, 0.4) is 0 Å². The molecule has 2 heterocycles. The number of Topliss-reactive ketones (excluding diaryl/α,β-unsaturated/α-hetero) is 1. The number of benzene rings is 1. The van der Waals surface area contributed by atoms with Crippen LogP contribution in [0, 0.1) is 0 Å². The summed E-state index contributed by atoms with van der Waals surface area (Å²) in [6.45, 7) is 0.363. The minimum Gasteiger partial charge on any atom is -0.454 e. The molecule has 1 fully saturated rings. The average Bonchev–Trinajstić information content (AvgIpc) is 2.78. The topological polar surface area (TPSA) is 54.0 Å². The van der Waals surface area contributed by atoms with Gasteiger partial charge in [-0.2, -0.15) is 0 Å². The number of rotatable bonds is 1. The molecule has 0 aliphatic carbocycles. The first-order chi connectivity index (χ1) is 7.84. The number of ketones is 1. The molecule has 0 aromatic heterocycles. The fraction of sp³-hybridized carbons (Fsp3) is 0.364. The zero-order chi connectivity index (χ0) is 11.0. The molecule has 0 saturated carbocycles. The molecule has 2 aliphatic heterocycles. The molecule has 3 rings (SSSR count). The molecule has 0 bridgehead atoms. The molecule has 84 valence electrons. The molecule has 2 aliphatic rings. The van der Waals surface area contributed by atoms with Gasteiger partial charge in [-0.25, -0.2) is 0 Å². The lowest BCUT2D eigenvalue weighted by Gasteiger charge is -2.23. The van der Waals surface area contributed by atoms with E-state index in [1.165, 1.54) is 0 Å². The smallest absolute Gasteiger partial charge is 0.231 e. The Balaban J connectivity index is 1.89. The van der Waals surface area contributed by atoms with Gasteiger partial charge < -0.3 is 18.9 Å². The van der Waals surface area contributed by atoms with Crippen LogP contribution < -0.4 is 9.47 Å². The molecule has 0 spiro atoms. The van der Waals surface area contributed by atoms with E-state index in [0.717, 1.165) is 5.56 Å². The zero-order valence-corrected chi connectivity index (χ0v) is 8.47. The van der Waals surface area contributed by atoms with E-state index < -0.39 is 6.29 Å². The molecule has 0 N–H and O–H groups in total. The lowest BCUT2D eigenvalue weighted by atomic mass is 10.1. The van der Waals surface area contributed by atoms with Crippen molar-refractivity contribution < 1.29 is 23.7 Å². The first-order valence-corrected chi connectivity index (χ1v) is 4.98. The third-order valence-electron chi connectivity index (χ3n) is 2.47. The lowest BCUT2D eigenvalue weighted by molar-refractivity contribution is -0.189. The van der Waals surface area contributed by atoms with Crippen LogP contribution in [0.5, 0.6) is 11.5 Å². The molecule has 0 amide bonds. The number of ether oxygens (including phenoxy) is 4. The van der Waals surface area contributed by atoms with Crippen LogP contribution in [0.4, 0.5) is 0 Å². The number of fused-ring (bicyclic) bond motifs is 1. The Kier molecular flexibility index (Phi) is 2.27. The molecule has 5 heteroatoms. The summed E-state index contributed by atoms with van der Waals surface area (Å²) < 4.78 is 21.2. The Hall–Kier alpha value is -1.59. The second-order valence-corrected chi connectivity index (χ2v) is 3.57. The van der Waals surface area contributed by atoms with Crippen molar-refractivity contribution in [2.45, 2.75) is 6.29 Å². The van der Waals surface area contributed by atoms with E-state index in [9.17, 15) is 4.79 Å². The Morgan fingerprint density at radius 1 is 1.12 bits per heavy atom. The SMILES string of the molecule is O=C1COC(c2cccc3c2OCO3)OC1. The molecule has 5 nitrogen and oxygen atoms in total. The monoisotopic (exact) mass is 222 g/mol. The van der Waals surface area contributed by atoms with Gasteiger partial charge in [-0.3, -0.25) is 4.79 Å². The second-order valence-electron chi connectivity index (χ2n) is 3.57. The van der Waals surface area contributed by atoms with Crippen molar-refractivity contribution in [1.82, 2.24) is 0 Å². The maximum Gasteiger partial charge on any atom is 0.231 e. The van der Waals surface area contributed by atoms with Gasteiger partial charge in [0.2, 0.25) is 6.79 Å². The van der Waals surface area contributed by atoms with E-state index in [-0.39, 0.29) is 25.8 Å². The number of hydrogen-bond acceptors (Lipinski definition) is 5. The first kappa shape index (κ1) is 9.62. The molecular formula is C11H10O5. The van der Waals surface area contributed by atoms with Gasteiger partial charge in [0, 0.05) is 0 Å². The largest absolute Gasteiger partial charge is 0.454 e. The van der Waals surface area contributed by atoms with Crippen molar-refractivity contribution in [3.05, 3.63) is 23.8 Å². The van der Waals surface area contributed by atoms with Gasteiger partial charge in [-0.05, 0) is 12.1 Å². The predicted molar refractivity (Wildman–Crippen MR) is 52.2 cm³/mol. The summed E-state index contributed by atoms with van der Waals surface area (Å²) in [5, 5.41) is 0. The summed E-state index contributed by atoms with van der Waals surface area (Å²) in [5.74, 6) is 1.27. The maximum atomic E-state index is 11.0. The molecular weight excluding hydrogens is 212 g/mol. The van der Waals surface area contributed by atoms with Crippen LogP contribution >= 0.6 is 0 Å². The number of carbonyl (C=O) groups is 1. The summed E-state index contributed by atoms with van der Waals surface area (Å²) in [6, 6.07) is 5.50. The van der Waals surface area contributed by atoms with Gasteiger partial charge in [0.15, 0.2) is 23.6 Å². The predicted octanol–water partition coefficient (Wildman–Crippen LogP) is 1.03. The summed E-state index contributed by atoms with van der Waals surface area (Å²) in [7, 11) is 0. The summed E-state index contributed by atoms with van der Waals surface area (Å²) in [6.07, 6.45) is -0.547. The normalized spacial score (nSPS) is 20.1. The molecule has 0 atom stereocenters. The van der Waals surface area contributed by atoms with Crippen molar-refractivity contribution in [2.24, 2.45) is 0 Å². The van der Waals surface area contributed by atoms with Gasteiger partial charge in [-0.15, -0.1) is 0 Å². The molecule has 1 aromatic carbocycles. The van der Waals surface area contributed by atoms with E-state index >= 15 is 0 Å². The highest BCUT2D eigenvalue weighted by Gasteiger charge is 2.28. The minimum absolute atomic E-state index is 0.0546. The van der Waals surface area contributed by atoms with Gasteiger partial charge in [-0.1, -0.05) is 6.07 Å². The van der Waals surface area contributed by atoms with Crippen LogP contribution in [0.1, 0.15) is 11.9 Å². The molecule has 0 unspecified atom stereocenters. The van der Waals surface area contributed by atoms with E-state index in [1.54, 1.807) is 0 Å². The molecule has 1 aromatic rings. The minimum atomic E-state index is -0.547. The summed E-state index contributed by atoms with van der Waals surface area (Å²) in [5.41, 5.74) is 0.766. The first-order valence-electron chi connectivity index (χ1n) is 4.98. The Bertz CT molecular complexity index is 418.